The van der Waals surface area contributed by atoms with E-state index >= 15 is 0 Å². The smallest absolute Gasteiger partial charge is 0.171 e. The number of hydrogen-bond donors (Lipinski definition) is 2. The Morgan fingerprint density at radius 1 is 1.08 bits per heavy atom. The molecule has 0 saturated carbocycles. The van der Waals surface area contributed by atoms with Gasteiger partial charge in [-0.15, -0.1) is 0 Å². The van der Waals surface area contributed by atoms with Crippen LogP contribution in [0.3, 0.4) is 0 Å². The van der Waals surface area contributed by atoms with Crippen molar-refractivity contribution in [3.63, 3.8) is 0 Å². The third kappa shape index (κ3) is 3.22. The highest BCUT2D eigenvalue weighted by atomic mass is 32.1. The monoisotopic (exact) mass is 364 g/mol. The molecule has 0 saturated heterocycles. The summed E-state index contributed by atoms with van der Waals surface area (Å²) in [7, 11) is 0. The van der Waals surface area contributed by atoms with Crippen LogP contribution in [0.1, 0.15) is 36.4 Å². The van der Waals surface area contributed by atoms with E-state index in [4.69, 9.17) is 17.0 Å². The molecule has 0 spiro atoms. The van der Waals surface area contributed by atoms with Crippen LogP contribution < -0.4 is 15.4 Å². The van der Waals surface area contributed by atoms with Gasteiger partial charge in [0.05, 0.1) is 6.04 Å². The quantitative estimate of drug-likeness (QED) is 0.795. The molecule has 1 heterocycles. The highest BCUT2D eigenvalue weighted by molar-refractivity contribution is 7.80. The van der Waals surface area contributed by atoms with Crippen LogP contribution in [0, 0.1) is 6.92 Å². The van der Waals surface area contributed by atoms with Crippen molar-refractivity contribution in [2.24, 2.45) is 0 Å². The number of allylic oxidation sites excluding steroid dienone is 1. The molecule has 0 radical (unpaired) electrons. The number of carbonyl (C=O) groups is 1. The van der Waals surface area contributed by atoms with Gasteiger partial charge < -0.3 is 15.4 Å². The Kier molecular flexibility index (Phi) is 4.47. The standard InChI is InChI=1S/C21H20N2O2S/c1-13-5-2-3-8-18(13)25-15-11-9-14(10-12-15)20-19-16(22-21(26)23-20)6-4-7-17(19)24/h2-3,5,8-12,20H,4,6-7H2,1H3,(H2,22,23,26). The van der Waals surface area contributed by atoms with Crippen molar-refractivity contribution < 1.29 is 9.53 Å². The zero-order chi connectivity index (χ0) is 18.1. The summed E-state index contributed by atoms with van der Waals surface area (Å²) in [6.45, 7) is 2.02. The van der Waals surface area contributed by atoms with Crippen molar-refractivity contribution in [2.45, 2.75) is 32.2 Å². The molecule has 4 nitrogen and oxygen atoms in total. The minimum Gasteiger partial charge on any atom is -0.457 e. The number of benzene rings is 2. The zero-order valence-electron chi connectivity index (χ0n) is 14.5. The van der Waals surface area contributed by atoms with Gasteiger partial charge in [-0.3, -0.25) is 4.79 Å². The molecular formula is C21H20N2O2S. The SMILES string of the molecule is Cc1ccccc1Oc1ccc(C2NC(=S)NC3=C2C(=O)CCC3)cc1. The molecule has 1 aliphatic heterocycles. The van der Waals surface area contributed by atoms with E-state index in [1.807, 2.05) is 55.5 Å². The zero-order valence-corrected chi connectivity index (χ0v) is 15.4. The molecule has 0 bridgehead atoms. The summed E-state index contributed by atoms with van der Waals surface area (Å²) in [6.07, 6.45) is 2.34. The van der Waals surface area contributed by atoms with Crippen molar-refractivity contribution >= 4 is 23.1 Å². The van der Waals surface area contributed by atoms with Crippen LogP contribution in [0.4, 0.5) is 0 Å². The number of thiocarbonyl (C=S) groups is 1. The number of para-hydroxylation sites is 1. The molecule has 1 unspecified atom stereocenters. The Morgan fingerprint density at radius 3 is 2.62 bits per heavy atom. The molecule has 2 aromatic carbocycles. The minimum absolute atomic E-state index is 0.194. The second kappa shape index (κ2) is 6.92. The normalized spacial score (nSPS) is 19.5. The number of ether oxygens (including phenoxy) is 1. The maximum Gasteiger partial charge on any atom is 0.171 e. The summed E-state index contributed by atoms with van der Waals surface area (Å²) in [4.78, 5) is 12.5. The molecule has 0 amide bonds. The summed E-state index contributed by atoms with van der Waals surface area (Å²) >= 11 is 5.32. The van der Waals surface area contributed by atoms with E-state index < -0.39 is 0 Å². The molecule has 2 N–H and O–H groups in total. The largest absolute Gasteiger partial charge is 0.457 e. The van der Waals surface area contributed by atoms with Gasteiger partial charge in [0.2, 0.25) is 0 Å². The second-order valence-corrected chi connectivity index (χ2v) is 7.05. The minimum atomic E-state index is -0.195. The lowest BCUT2D eigenvalue weighted by Gasteiger charge is -2.33. The molecule has 26 heavy (non-hydrogen) atoms. The third-order valence-electron chi connectivity index (χ3n) is 4.82. The first-order valence-electron chi connectivity index (χ1n) is 8.79. The van der Waals surface area contributed by atoms with Crippen molar-refractivity contribution in [3.05, 3.63) is 70.9 Å². The lowest BCUT2D eigenvalue weighted by atomic mass is 9.85. The Balaban J connectivity index is 1.61. The fraction of sp³-hybridized carbons (Fsp3) is 0.238. The van der Waals surface area contributed by atoms with Crippen molar-refractivity contribution in [2.75, 3.05) is 0 Å². The molecular weight excluding hydrogens is 344 g/mol. The molecule has 2 aromatic rings. The lowest BCUT2D eigenvalue weighted by Crippen LogP contribution is -2.46. The highest BCUT2D eigenvalue weighted by Crippen LogP contribution is 2.34. The fourth-order valence-corrected chi connectivity index (χ4v) is 3.72. The van der Waals surface area contributed by atoms with Crippen LogP contribution in [0.25, 0.3) is 0 Å². The Labute approximate surface area is 158 Å². The van der Waals surface area contributed by atoms with E-state index in [9.17, 15) is 4.79 Å². The van der Waals surface area contributed by atoms with Gasteiger partial charge in [-0.1, -0.05) is 30.3 Å². The van der Waals surface area contributed by atoms with Crippen LogP contribution in [-0.2, 0) is 4.79 Å². The first-order valence-corrected chi connectivity index (χ1v) is 9.20. The molecule has 132 valence electrons. The Bertz CT molecular complexity index is 902. The van der Waals surface area contributed by atoms with E-state index in [-0.39, 0.29) is 11.8 Å². The predicted molar refractivity (Wildman–Crippen MR) is 105 cm³/mol. The van der Waals surface area contributed by atoms with Gasteiger partial charge in [0.15, 0.2) is 10.9 Å². The van der Waals surface area contributed by atoms with Gasteiger partial charge in [-0.2, -0.15) is 0 Å². The van der Waals surface area contributed by atoms with E-state index in [0.717, 1.165) is 46.7 Å². The Hall–Kier alpha value is -2.66. The molecule has 0 aromatic heterocycles. The summed E-state index contributed by atoms with van der Waals surface area (Å²) < 4.78 is 5.96. The first kappa shape index (κ1) is 16.8. The highest BCUT2D eigenvalue weighted by Gasteiger charge is 2.33. The molecule has 2 aliphatic rings. The predicted octanol–water partition coefficient (Wildman–Crippen LogP) is 4.31. The topological polar surface area (TPSA) is 50.4 Å². The molecule has 1 atom stereocenters. The molecule has 5 heteroatoms. The fourth-order valence-electron chi connectivity index (χ4n) is 3.48. The second-order valence-electron chi connectivity index (χ2n) is 6.64. The van der Waals surface area contributed by atoms with Gasteiger partial charge >= 0.3 is 0 Å². The van der Waals surface area contributed by atoms with Gasteiger partial charge in [0.1, 0.15) is 11.5 Å². The Morgan fingerprint density at radius 2 is 1.85 bits per heavy atom. The average molecular weight is 364 g/mol. The first-order chi connectivity index (χ1) is 12.6. The molecule has 0 fully saturated rings. The van der Waals surface area contributed by atoms with Crippen LogP contribution >= 0.6 is 12.2 Å². The lowest BCUT2D eigenvalue weighted by molar-refractivity contribution is -0.116. The average Bonchev–Trinajstić information content (AvgIpc) is 2.64. The van der Waals surface area contributed by atoms with E-state index in [0.29, 0.717) is 11.5 Å². The van der Waals surface area contributed by atoms with E-state index in [2.05, 4.69) is 10.6 Å². The van der Waals surface area contributed by atoms with Gasteiger partial charge in [0.25, 0.3) is 0 Å². The number of nitrogens with one attached hydrogen (secondary N) is 2. The summed E-state index contributed by atoms with van der Waals surface area (Å²) in [6, 6.07) is 15.6. The number of hydrogen-bond acceptors (Lipinski definition) is 3. The summed E-state index contributed by atoms with van der Waals surface area (Å²) in [5, 5.41) is 6.97. The summed E-state index contributed by atoms with van der Waals surface area (Å²) in [5.74, 6) is 1.80. The van der Waals surface area contributed by atoms with Crippen molar-refractivity contribution in [1.29, 1.82) is 0 Å². The van der Waals surface area contributed by atoms with Gasteiger partial charge in [-0.05, 0) is 61.3 Å². The van der Waals surface area contributed by atoms with Crippen LogP contribution in [0.15, 0.2) is 59.8 Å². The number of rotatable bonds is 3. The van der Waals surface area contributed by atoms with E-state index in [1.165, 1.54) is 0 Å². The maximum atomic E-state index is 12.5. The van der Waals surface area contributed by atoms with Gasteiger partial charge in [-0.25, -0.2) is 0 Å². The van der Waals surface area contributed by atoms with Gasteiger partial charge in [0, 0.05) is 17.7 Å². The van der Waals surface area contributed by atoms with Crippen molar-refractivity contribution in [1.82, 2.24) is 10.6 Å². The van der Waals surface area contributed by atoms with Crippen molar-refractivity contribution in [3.8, 4) is 11.5 Å². The summed E-state index contributed by atoms with van der Waals surface area (Å²) in [5.41, 5.74) is 3.88. The third-order valence-corrected chi connectivity index (χ3v) is 5.04. The van der Waals surface area contributed by atoms with Crippen LogP contribution in [0.2, 0.25) is 0 Å². The number of aryl methyl sites for hydroxylation is 1. The van der Waals surface area contributed by atoms with Crippen LogP contribution in [0.5, 0.6) is 11.5 Å². The number of Topliss-reactive ketones (excluding diaryl/α,β-unsaturated/α-hetero) is 1. The number of carbonyl (C=O) groups excluding carboxylic acids is 1. The van der Waals surface area contributed by atoms with E-state index in [1.54, 1.807) is 0 Å². The molecule has 4 rings (SSSR count). The number of ketones is 1. The van der Waals surface area contributed by atoms with Crippen LogP contribution in [-0.4, -0.2) is 10.9 Å². The maximum absolute atomic E-state index is 12.5. The molecule has 1 aliphatic carbocycles.